The molecule has 1 atom stereocenters. The van der Waals surface area contributed by atoms with Gasteiger partial charge in [-0.05, 0) is 48.9 Å². The zero-order valence-electron chi connectivity index (χ0n) is 16.6. The molecule has 0 aliphatic carbocycles. The highest BCUT2D eigenvalue weighted by Gasteiger charge is 2.36. The van der Waals surface area contributed by atoms with Crippen LogP contribution in [-0.2, 0) is 4.79 Å². The molecule has 1 fully saturated rings. The summed E-state index contributed by atoms with van der Waals surface area (Å²) in [5.74, 6) is 0.339. The Morgan fingerprint density at radius 1 is 1.16 bits per heavy atom. The van der Waals surface area contributed by atoms with E-state index in [4.69, 9.17) is 9.26 Å². The van der Waals surface area contributed by atoms with Crippen molar-refractivity contribution in [2.24, 2.45) is 0 Å². The standard InChI is InChI=1S/C21H18F3N3O4/c1-12-3-8-17(29-2)16(9-12)27-11-14(10-18(27)28)20-25-19(26-31-20)13-4-6-15(7-5-13)30-21(22,23)24/h3-9,14H,10-11H2,1-2H3. The van der Waals surface area contributed by atoms with Gasteiger partial charge in [-0.3, -0.25) is 4.79 Å². The Hall–Kier alpha value is -3.56. The summed E-state index contributed by atoms with van der Waals surface area (Å²) < 4.78 is 51.5. The minimum atomic E-state index is -4.76. The van der Waals surface area contributed by atoms with Crippen molar-refractivity contribution in [2.45, 2.75) is 25.6 Å². The maximum Gasteiger partial charge on any atom is 0.573 e. The van der Waals surface area contributed by atoms with E-state index in [9.17, 15) is 18.0 Å². The van der Waals surface area contributed by atoms with Crippen molar-refractivity contribution in [3.63, 3.8) is 0 Å². The molecule has 31 heavy (non-hydrogen) atoms. The summed E-state index contributed by atoms with van der Waals surface area (Å²) >= 11 is 0. The van der Waals surface area contributed by atoms with Crippen molar-refractivity contribution in [3.05, 3.63) is 53.9 Å². The summed E-state index contributed by atoms with van der Waals surface area (Å²) in [7, 11) is 1.54. The average molecular weight is 433 g/mol. The molecule has 7 nitrogen and oxygen atoms in total. The van der Waals surface area contributed by atoms with Crippen LogP contribution in [0.5, 0.6) is 11.5 Å². The number of carbonyl (C=O) groups is 1. The molecule has 0 saturated carbocycles. The van der Waals surface area contributed by atoms with Gasteiger partial charge in [-0.15, -0.1) is 13.2 Å². The second kappa shape index (κ2) is 7.93. The van der Waals surface area contributed by atoms with Gasteiger partial charge in [-0.2, -0.15) is 4.98 Å². The van der Waals surface area contributed by atoms with Gasteiger partial charge in [0.05, 0.1) is 18.7 Å². The van der Waals surface area contributed by atoms with Gasteiger partial charge in [0, 0.05) is 18.5 Å². The highest BCUT2D eigenvalue weighted by molar-refractivity contribution is 5.97. The topological polar surface area (TPSA) is 77.7 Å². The summed E-state index contributed by atoms with van der Waals surface area (Å²) in [6, 6.07) is 10.7. The van der Waals surface area contributed by atoms with Crippen LogP contribution in [0.2, 0.25) is 0 Å². The minimum Gasteiger partial charge on any atom is -0.495 e. The van der Waals surface area contributed by atoms with Gasteiger partial charge in [0.2, 0.25) is 17.6 Å². The quantitative estimate of drug-likeness (QED) is 0.591. The Morgan fingerprint density at radius 2 is 1.90 bits per heavy atom. The number of hydrogen-bond acceptors (Lipinski definition) is 6. The Morgan fingerprint density at radius 3 is 2.58 bits per heavy atom. The number of aryl methyl sites for hydroxylation is 1. The fourth-order valence-electron chi connectivity index (χ4n) is 3.44. The third kappa shape index (κ3) is 4.47. The van der Waals surface area contributed by atoms with E-state index in [0.29, 0.717) is 23.5 Å². The van der Waals surface area contributed by atoms with Crippen LogP contribution in [0.4, 0.5) is 18.9 Å². The molecule has 1 unspecified atom stereocenters. The normalized spacial score (nSPS) is 16.6. The van der Waals surface area contributed by atoms with Gasteiger partial charge < -0.3 is 18.9 Å². The minimum absolute atomic E-state index is 0.0951. The van der Waals surface area contributed by atoms with Crippen molar-refractivity contribution in [2.75, 3.05) is 18.6 Å². The first-order valence-electron chi connectivity index (χ1n) is 9.38. The molecule has 1 amide bonds. The van der Waals surface area contributed by atoms with Gasteiger partial charge in [0.1, 0.15) is 11.5 Å². The van der Waals surface area contributed by atoms with Crippen molar-refractivity contribution >= 4 is 11.6 Å². The van der Waals surface area contributed by atoms with Crippen LogP contribution in [0.15, 0.2) is 47.0 Å². The largest absolute Gasteiger partial charge is 0.573 e. The summed E-state index contributed by atoms with van der Waals surface area (Å²) in [4.78, 5) is 18.6. The number of hydrogen-bond donors (Lipinski definition) is 0. The SMILES string of the molecule is COc1ccc(C)cc1N1CC(c2nc(-c3ccc(OC(F)(F)F)cc3)no2)CC1=O. The third-order valence-corrected chi connectivity index (χ3v) is 4.89. The number of carbonyl (C=O) groups excluding carboxylic acids is 1. The van der Waals surface area contributed by atoms with Crippen LogP contribution >= 0.6 is 0 Å². The van der Waals surface area contributed by atoms with E-state index in [-0.39, 0.29) is 35.7 Å². The lowest BCUT2D eigenvalue weighted by atomic mass is 10.1. The smallest absolute Gasteiger partial charge is 0.495 e. The molecule has 2 heterocycles. The number of alkyl halides is 3. The lowest BCUT2D eigenvalue weighted by Gasteiger charge is -2.19. The van der Waals surface area contributed by atoms with Gasteiger partial charge >= 0.3 is 6.36 Å². The predicted molar refractivity (Wildman–Crippen MR) is 104 cm³/mol. The zero-order valence-corrected chi connectivity index (χ0v) is 16.6. The second-order valence-electron chi connectivity index (χ2n) is 7.11. The first kappa shape index (κ1) is 20.7. The number of rotatable bonds is 5. The fourth-order valence-corrected chi connectivity index (χ4v) is 3.44. The lowest BCUT2D eigenvalue weighted by molar-refractivity contribution is -0.274. The molecule has 3 aromatic rings. The first-order chi connectivity index (χ1) is 14.7. The molecule has 0 radical (unpaired) electrons. The number of benzene rings is 2. The first-order valence-corrected chi connectivity index (χ1v) is 9.38. The fraction of sp³-hybridized carbons (Fsp3) is 0.286. The van der Waals surface area contributed by atoms with E-state index < -0.39 is 6.36 Å². The summed E-state index contributed by atoms with van der Waals surface area (Å²) in [6.07, 6.45) is -4.57. The van der Waals surface area contributed by atoms with Gasteiger partial charge in [0.15, 0.2) is 0 Å². The molecule has 1 aliphatic rings. The highest BCUT2D eigenvalue weighted by atomic mass is 19.4. The molecular weight excluding hydrogens is 415 g/mol. The lowest BCUT2D eigenvalue weighted by Crippen LogP contribution is -2.25. The molecule has 1 aliphatic heterocycles. The van der Waals surface area contributed by atoms with E-state index in [1.54, 1.807) is 12.0 Å². The van der Waals surface area contributed by atoms with Crippen LogP contribution in [0, 0.1) is 6.92 Å². The number of halogens is 3. The van der Waals surface area contributed by atoms with Crippen LogP contribution < -0.4 is 14.4 Å². The Kier molecular flexibility index (Phi) is 5.30. The molecule has 0 N–H and O–H groups in total. The van der Waals surface area contributed by atoms with Crippen LogP contribution in [-0.4, -0.2) is 36.1 Å². The van der Waals surface area contributed by atoms with E-state index in [1.165, 1.54) is 24.3 Å². The van der Waals surface area contributed by atoms with Crippen molar-refractivity contribution in [1.29, 1.82) is 0 Å². The molecule has 0 spiro atoms. The maximum atomic E-state index is 12.6. The Bertz CT molecular complexity index is 1100. The predicted octanol–water partition coefficient (Wildman–Crippen LogP) is 4.47. The van der Waals surface area contributed by atoms with E-state index in [0.717, 1.165) is 5.56 Å². The van der Waals surface area contributed by atoms with Gasteiger partial charge in [-0.25, -0.2) is 0 Å². The molecule has 4 rings (SSSR count). The van der Waals surface area contributed by atoms with E-state index >= 15 is 0 Å². The molecule has 1 aromatic heterocycles. The van der Waals surface area contributed by atoms with Crippen LogP contribution in [0.25, 0.3) is 11.4 Å². The maximum absolute atomic E-state index is 12.6. The van der Waals surface area contributed by atoms with Crippen molar-refractivity contribution < 1.29 is 32.0 Å². The summed E-state index contributed by atoms with van der Waals surface area (Å²) in [6.45, 7) is 2.27. The number of anilines is 1. The van der Waals surface area contributed by atoms with Crippen LogP contribution in [0.3, 0.4) is 0 Å². The molecule has 10 heteroatoms. The Balaban J connectivity index is 1.51. The monoisotopic (exact) mass is 433 g/mol. The number of methoxy groups -OCH3 is 1. The summed E-state index contributed by atoms with van der Waals surface area (Å²) in [5, 5.41) is 3.90. The number of ether oxygens (including phenoxy) is 2. The number of amides is 1. The number of nitrogens with zero attached hydrogens (tertiary/aromatic N) is 3. The van der Waals surface area contributed by atoms with Crippen molar-refractivity contribution in [3.8, 4) is 22.9 Å². The average Bonchev–Trinajstić information content (AvgIpc) is 3.34. The molecule has 0 bridgehead atoms. The van der Waals surface area contributed by atoms with Gasteiger partial charge in [-0.1, -0.05) is 11.2 Å². The Labute approximate surface area is 175 Å². The van der Waals surface area contributed by atoms with Gasteiger partial charge in [0.25, 0.3) is 0 Å². The highest BCUT2D eigenvalue weighted by Crippen LogP contribution is 2.37. The second-order valence-corrected chi connectivity index (χ2v) is 7.11. The number of aromatic nitrogens is 2. The van der Waals surface area contributed by atoms with E-state index in [2.05, 4.69) is 14.9 Å². The van der Waals surface area contributed by atoms with Crippen molar-refractivity contribution in [1.82, 2.24) is 10.1 Å². The summed E-state index contributed by atoms with van der Waals surface area (Å²) in [5.41, 5.74) is 2.13. The molecule has 162 valence electrons. The molecular formula is C21H18F3N3O4. The zero-order chi connectivity index (χ0) is 22.2. The molecule has 1 saturated heterocycles. The third-order valence-electron chi connectivity index (χ3n) is 4.89. The van der Waals surface area contributed by atoms with E-state index in [1.807, 2.05) is 25.1 Å². The van der Waals surface area contributed by atoms with Crippen LogP contribution in [0.1, 0.15) is 23.8 Å². The molecule has 2 aromatic carbocycles.